The molecular weight excluding hydrogens is 270 g/mol. The molecule has 2 heterocycles. The predicted octanol–water partition coefficient (Wildman–Crippen LogP) is 1.19. The third-order valence-corrected chi connectivity index (χ3v) is 3.58. The normalized spacial score (nSPS) is 15.1. The summed E-state index contributed by atoms with van der Waals surface area (Å²) in [6, 6.07) is 0. The molecule has 0 atom stereocenters. The van der Waals surface area contributed by atoms with E-state index >= 15 is 0 Å². The Morgan fingerprint density at radius 3 is 2.81 bits per heavy atom. The van der Waals surface area contributed by atoms with E-state index in [2.05, 4.69) is 30.6 Å². The van der Waals surface area contributed by atoms with Crippen LogP contribution >= 0.6 is 0 Å². The summed E-state index contributed by atoms with van der Waals surface area (Å²) in [5, 5.41) is 4.48. The van der Waals surface area contributed by atoms with Crippen LogP contribution in [-0.4, -0.2) is 54.1 Å². The highest BCUT2D eigenvalue weighted by Crippen LogP contribution is 2.24. The quantitative estimate of drug-likeness (QED) is 0.766. The Balaban J connectivity index is 1.94. The molecule has 0 spiro atoms. The summed E-state index contributed by atoms with van der Waals surface area (Å²) in [5.41, 5.74) is 2.36. The van der Waals surface area contributed by atoms with Gasteiger partial charge in [0.2, 0.25) is 5.91 Å². The minimum Gasteiger partial charge on any atom is -0.382 e. The van der Waals surface area contributed by atoms with Crippen LogP contribution in [0.4, 0.5) is 0 Å². The number of rotatable bonds is 5. The molecule has 0 N–H and O–H groups in total. The van der Waals surface area contributed by atoms with Crippen LogP contribution in [0, 0.1) is 0 Å². The van der Waals surface area contributed by atoms with Crippen LogP contribution in [0.5, 0.6) is 0 Å². The summed E-state index contributed by atoms with van der Waals surface area (Å²) in [5.74, 6) is 0.0280. The van der Waals surface area contributed by atoms with Crippen molar-refractivity contribution in [3.63, 3.8) is 0 Å². The van der Waals surface area contributed by atoms with E-state index in [0.29, 0.717) is 19.8 Å². The average molecular weight is 295 g/mol. The van der Waals surface area contributed by atoms with Crippen molar-refractivity contribution < 1.29 is 14.3 Å². The minimum atomic E-state index is -0.0248. The molecule has 0 fully saturated rings. The fraction of sp³-hybridized carbons (Fsp3) is 0.733. The Labute approximate surface area is 126 Å². The number of ether oxygens (including phenoxy) is 2. The van der Waals surface area contributed by atoms with Gasteiger partial charge in [-0.15, -0.1) is 0 Å². The van der Waals surface area contributed by atoms with Crippen LogP contribution in [0.1, 0.15) is 32.0 Å². The molecule has 1 aromatic rings. The van der Waals surface area contributed by atoms with E-state index in [1.165, 1.54) is 5.69 Å². The first-order chi connectivity index (χ1) is 9.93. The molecule has 1 aliphatic heterocycles. The van der Waals surface area contributed by atoms with Gasteiger partial charge in [0.05, 0.1) is 24.9 Å². The zero-order valence-electron chi connectivity index (χ0n) is 13.4. The van der Waals surface area contributed by atoms with Gasteiger partial charge in [-0.1, -0.05) is 0 Å². The molecule has 0 aliphatic carbocycles. The van der Waals surface area contributed by atoms with Gasteiger partial charge in [0.25, 0.3) is 0 Å². The predicted molar refractivity (Wildman–Crippen MR) is 79.0 cm³/mol. The highest BCUT2D eigenvalue weighted by molar-refractivity contribution is 5.77. The van der Waals surface area contributed by atoms with Crippen molar-refractivity contribution in [2.45, 2.75) is 39.3 Å². The Morgan fingerprint density at radius 1 is 1.38 bits per heavy atom. The second kappa shape index (κ2) is 6.58. The van der Waals surface area contributed by atoms with Gasteiger partial charge in [-0.2, -0.15) is 5.10 Å². The molecule has 1 aromatic heterocycles. The molecule has 21 heavy (non-hydrogen) atoms. The Hall–Kier alpha value is -1.40. The molecule has 2 rings (SSSR count). The monoisotopic (exact) mass is 295 g/mol. The Bertz CT molecular complexity index is 491. The number of hydrogen-bond donors (Lipinski definition) is 0. The number of carbonyl (C=O) groups is 1. The molecule has 0 aromatic carbocycles. The van der Waals surface area contributed by atoms with Crippen molar-refractivity contribution in [2.24, 2.45) is 0 Å². The van der Waals surface area contributed by atoms with Crippen LogP contribution < -0.4 is 0 Å². The summed E-state index contributed by atoms with van der Waals surface area (Å²) < 4.78 is 12.3. The number of amides is 1. The van der Waals surface area contributed by atoms with Gasteiger partial charge in [0.1, 0.15) is 6.61 Å². The van der Waals surface area contributed by atoms with E-state index in [1.807, 2.05) is 11.1 Å². The largest absolute Gasteiger partial charge is 0.382 e. The fourth-order valence-electron chi connectivity index (χ4n) is 2.52. The van der Waals surface area contributed by atoms with Gasteiger partial charge in [0.15, 0.2) is 0 Å². The number of hydrogen-bond acceptors (Lipinski definition) is 4. The third-order valence-electron chi connectivity index (χ3n) is 3.58. The van der Waals surface area contributed by atoms with Crippen molar-refractivity contribution >= 4 is 5.91 Å². The number of fused-ring (bicyclic) bond motifs is 1. The smallest absolute Gasteiger partial charge is 0.248 e. The molecule has 0 saturated heterocycles. The van der Waals surface area contributed by atoms with E-state index in [-0.39, 0.29) is 18.1 Å². The molecule has 0 unspecified atom stereocenters. The van der Waals surface area contributed by atoms with E-state index in [0.717, 1.165) is 18.5 Å². The molecule has 1 amide bonds. The zero-order chi connectivity index (χ0) is 15.5. The summed E-state index contributed by atoms with van der Waals surface area (Å²) in [6.45, 7) is 8.84. The lowest BCUT2D eigenvalue weighted by Crippen LogP contribution is -2.39. The van der Waals surface area contributed by atoms with E-state index < -0.39 is 0 Å². The van der Waals surface area contributed by atoms with Crippen molar-refractivity contribution in [2.75, 3.05) is 33.5 Å². The fourth-order valence-corrected chi connectivity index (χ4v) is 2.52. The third kappa shape index (κ3) is 3.83. The van der Waals surface area contributed by atoms with Gasteiger partial charge in [-0.25, -0.2) is 0 Å². The van der Waals surface area contributed by atoms with E-state index in [1.54, 1.807) is 7.11 Å². The molecule has 0 radical (unpaired) electrons. The topological polar surface area (TPSA) is 56.6 Å². The first-order valence-corrected chi connectivity index (χ1v) is 7.34. The lowest BCUT2D eigenvalue weighted by Gasteiger charge is -2.30. The molecule has 6 nitrogen and oxygen atoms in total. The molecule has 118 valence electrons. The summed E-state index contributed by atoms with van der Waals surface area (Å²) in [6.07, 6.45) is 2.72. The molecule has 6 heteroatoms. The number of methoxy groups -OCH3 is 1. The standard InChI is InChI=1S/C15H25N3O3/c1-15(2,3)18-13-5-6-17(10-12(13)9-16-18)14(19)11-21-8-7-20-4/h9H,5-8,10-11H2,1-4H3. The van der Waals surface area contributed by atoms with Crippen LogP contribution in [-0.2, 0) is 32.8 Å². The van der Waals surface area contributed by atoms with Crippen LogP contribution in [0.2, 0.25) is 0 Å². The van der Waals surface area contributed by atoms with E-state index in [4.69, 9.17) is 9.47 Å². The van der Waals surface area contributed by atoms with Crippen molar-refractivity contribution in [3.8, 4) is 0 Å². The molecule has 1 aliphatic rings. The van der Waals surface area contributed by atoms with Gasteiger partial charge in [-0.3, -0.25) is 9.48 Å². The van der Waals surface area contributed by atoms with Crippen molar-refractivity contribution in [1.82, 2.24) is 14.7 Å². The molecule has 0 saturated carbocycles. The number of nitrogens with zero attached hydrogens (tertiary/aromatic N) is 3. The maximum atomic E-state index is 12.1. The number of aromatic nitrogens is 2. The van der Waals surface area contributed by atoms with Gasteiger partial charge in [-0.05, 0) is 20.8 Å². The van der Waals surface area contributed by atoms with Crippen LogP contribution in [0.25, 0.3) is 0 Å². The summed E-state index contributed by atoms with van der Waals surface area (Å²) >= 11 is 0. The summed E-state index contributed by atoms with van der Waals surface area (Å²) in [4.78, 5) is 13.9. The van der Waals surface area contributed by atoms with Crippen molar-refractivity contribution in [3.05, 3.63) is 17.5 Å². The van der Waals surface area contributed by atoms with Crippen LogP contribution in [0.15, 0.2) is 6.20 Å². The highest BCUT2D eigenvalue weighted by atomic mass is 16.5. The second-order valence-electron chi connectivity index (χ2n) is 6.31. The maximum absolute atomic E-state index is 12.1. The average Bonchev–Trinajstić information content (AvgIpc) is 2.86. The zero-order valence-corrected chi connectivity index (χ0v) is 13.4. The van der Waals surface area contributed by atoms with Crippen molar-refractivity contribution in [1.29, 1.82) is 0 Å². The lowest BCUT2D eigenvalue weighted by molar-refractivity contribution is -0.137. The Kier molecular flexibility index (Phi) is 5.00. The highest BCUT2D eigenvalue weighted by Gasteiger charge is 2.27. The first-order valence-electron chi connectivity index (χ1n) is 7.34. The van der Waals surface area contributed by atoms with Gasteiger partial charge < -0.3 is 14.4 Å². The minimum absolute atomic E-state index is 0.0248. The van der Waals surface area contributed by atoms with Gasteiger partial charge in [0, 0.05) is 37.9 Å². The SMILES string of the molecule is COCCOCC(=O)N1CCc2c(cnn2C(C)(C)C)C1. The van der Waals surface area contributed by atoms with E-state index in [9.17, 15) is 4.79 Å². The first kappa shape index (κ1) is 16.0. The lowest BCUT2D eigenvalue weighted by atomic mass is 10.0. The molecular formula is C15H25N3O3. The maximum Gasteiger partial charge on any atom is 0.248 e. The summed E-state index contributed by atoms with van der Waals surface area (Å²) in [7, 11) is 1.62. The van der Waals surface area contributed by atoms with Crippen LogP contribution in [0.3, 0.4) is 0 Å². The second-order valence-corrected chi connectivity index (χ2v) is 6.31. The molecule has 0 bridgehead atoms. The Morgan fingerprint density at radius 2 is 2.14 bits per heavy atom. The van der Waals surface area contributed by atoms with Gasteiger partial charge >= 0.3 is 0 Å². The number of carbonyl (C=O) groups excluding carboxylic acids is 1.